The van der Waals surface area contributed by atoms with Gasteiger partial charge in [0.1, 0.15) is 5.82 Å². The summed E-state index contributed by atoms with van der Waals surface area (Å²) in [5.74, 6) is 2.04. The lowest BCUT2D eigenvalue weighted by Gasteiger charge is -2.11. The van der Waals surface area contributed by atoms with Crippen LogP contribution in [-0.2, 0) is 26.3 Å². The zero-order chi connectivity index (χ0) is 19.2. The number of nitrogens with one attached hydrogen (secondary N) is 2. The highest BCUT2D eigenvalue weighted by Gasteiger charge is 2.29. The third kappa shape index (κ3) is 6.85. The fourth-order valence-electron chi connectivity index (χ4n) is 2.08. The lowest BCUT2D eigenvalue weighted by Crippen LogP contribution is -2.37. The van der Waals surface area contributed by atoms with Crippen molar-refractivity contribution in [1.29, 1.82) is 0 Å². The van der Waals surface area contributed by atoms with Crippen molar-refractivity contribution in [2.75, 3.05) is 6.54 Å². The zero-order valence-electron chi connectivity index (χ0n) is 15.0. The monoisotopic (exact) mass is 494 g/mol. The fourth-order valence-corrected chi connectivity index (χ4v) is 2.08. The largest absolute Gasteiger partial charge is 0.416 e. The second kappa shape index (κ2) is 10.3. The van der Waals surface area contributed by atoms with E-state index in [1.807, 2.05) is 18.5 Å². The van der Waals surface area contributed by atoms with Gasteiger partial charge in [0.05, 0.1) is 18.7 Å². The van der Waals surface area contributed by atoms with Crippen LogP contribution in [0.5, 0.6) is 0 Å². The molecular formula is C17H22F3IN6. The highest BCUT2D eigenvalue weighted by Crippen LogP contribution is 2.29. The van der Waals surface area contributed by atoms with E-state index in [-0.39, 0.29) is 30.5 Å². The maximum Gasteiger partial charge on any atom is 0.416 e. The molecule has 0 bridgehead atoms. The molecule has 0 saturated carbocycles. The number of benzene rings is 1. The highest BCUT2D eigenvalue weighted by atomic mass is 127. The molecule has 0 unspecified atom stereocenters. The van der Waals surface area contributed by atoms with Gasteiger partial charge in [-0.15, -0.1) is 40.8 Å². The molecule has 0 atom stereocenters. The summed E-state index contributed by atoms with van der Waals surface area (Å²) in [6, 6.07) is 4.95. The number of halogens is 4. The van der Waals surface area contributed by atoms with Crippen molar-refractivity contribution in [3.63, 3.8) is 0 Å². The minimum Gasteiger partial charge on any atom is -0.353 e. The quantitative estimate of drug-likeness (QED) is 0.280. The minimum absolute atomic E-state index is 0. The Kier molecular flexibility index (Phi) is 8.73. The lowest BCUT2D eigenvalue weighted by molar-refractivity contribution is -0.137. The summed E-state index contributed by atoms with van der Waals surface area (Å²) in [4.78, 5) is 4.38. The number of aromatic nitrogens is 3. The molecule has 148 valence electrons. The molecule has 0 saturated heterocycles. The summed E-state index contributed by atoms with van der Waals surface area (Å²) < 4.78 is 39.7. The first-order chi connectivity index (χ1) is 12.3. The van der Waals surface area contributed by atoms with Gasteiger partial charge < -0.3 is 15.2 Å². The van der Waals surface area contributed by atoms with Crippen LogP contribution < -0.4 is 10.6 Å². The van der Waals surface area contributed by atoms with E-state index in [2.05, 4.69) is 32.4 Å². The molecule has 1 aromatic carbocycles. The van der Waals surface area contributed by atoms with E-state index in [9.17, 15) is 13.2 Å². The molecule has 2 N–H and O–H groups in total. The van der Waals surface area contributed by atoms with Crippen LogP contribution in [0.15, 0.2) is 41.9 Å². The molecule has 2 rings (SSSR count). The molecule has 1 heterocycles. The number of rotatable bonds is 6. The molecule has 0 fully saturated rings. The molecule has 0 amide bonds. The summed E-state index contributed by atoms with van der Waals surface area (Å²) >= 11 is 0. The van der Waals surface area contributed by atoms with Crippen molar-refractivity contribution < 1.29 is 13.2 Å². The van der Waals surface area contributed by atoms with Crippen LogP contribution in [0.25, 0.3) is 0 Å². The molecule has 6 nitrogen and oxygen atoms in total. The summed E-state index contributed by atoms with van der Waals surface area (Å²) in [7, 11) is 1.86. The number of aliphatic imine (C=N–C) groups is 1. The summed E-state index contributed by atoms with van der Waals surface area (Å²) in [6.45, 7) is 6.64. The summed E-state index contributed by atoms with van der Waals surface area (Å²) in [6.07, 6.45) is -2.66. The Morgan fingerprint density at radius 2 is 1.89 bits per heavy atom. The Morgan fingerprint density at radius 3 is 2.41 bits per heavy atom. The normalized spacial score (nSPS) is 11.7. The molecule has 0 aliphatic heterocycles. The third-order valence-corrected chi connectivity index (χ3v) is 3.71. The molecule has 10 heteroatoms. The van der Waals surface area contributed by atoms with Gasteiger partial charge >= 0.3 is 6.18 Å². The first-order valence-corrected chi connectivity index (χ1v) is 7.95. The number of alkyl halides is 3. The van der Waals surface area contributed by atoms with E-state index in [1.165, 1.54) is 12.1 Å². The van der Waals surface area contributed by atoms with Gasteiger partial charge in [0, 0.05) is 13.6 Å². The summed E-state index contributed by atoms with van der Waals surface area (Å²) in [5.41, 5.74) is -0.00165. The molecule has 1 aromatic heterocycles. The number of nitrogens with zero attached hydrogens (tertiary/aromatic N) is 4. The van der Waals surface area contributed by atoms with Gasteiger partial charge in [-0.2, -0.15) is 13.2 Å². The van der Waals surface area contributed by atoms with Gasteiger partial charge in [0.25, 0.3) is 0 Å². The van der Waals surface area contributed by atoms with Crippen LogP contribution in [-0.4, -0.2) is 27.3 Å². The first-order valence-electron chi connectivity index (χ1n) is 7.95. The SMILES string of the molecule is C=CCNC(=NCc1ccc(C(F)(F)F)cc1)NCc1nnc(C)n1C.I. The maximum absolute atomic E-state index is 12.6. The first kappa shape index (κ1) is 22.9. The van der Waals surface area contributed by atoms with Crippen LogP contribution >= 0.6 is 24.0 Å². The lowest BCUT2D eigenvalue weighted by atomic mass is 10.1. The second-order valence-corrected chi connectivity index (χ2v) is 5.61. The molecule has 0 spiro atoms. The molecule has 0 aliphatic rings. The van der Waals surface area contributed by atoms with E-state index in [4.69, 9.17) is 0 Å². The smallest absolute Gasteiger partial charge is 0.353 e. The predicted octanol–water partition coefficient (Wildman–Crippen LogP) is 3.18. The zero-order valence-corrected chi connectivity index (χ0v) is 17.4. The Hall–Kier alpha value is -2.11. The standard InChI is InChI=1S/C17H21F3N6.HI/c1-4-9-21-16(23-11-15-25-24-12(2)26(15)3)22-10-13-5-7-14(8-6-13)17(18,19)20;/h4-8H,1,9-11H2,2-3H3,(H2,21,22,23);1H. The van der Waals surface area contributed by atoms with E-state index in [1.54, 1.807) is 6.08 Å². The van der Waals surface area contributed by atoms with E-state index in [0.717, 1.165) is 23.8 Å². The number of hydrogen-bond acceptors (Lipinski definition) is 3. The van der Waals surface area contributed by atoms with Gasteiger partial charge in [-0.1, -0.05) is 18.2 Å². The number of aryl methyl sites for hydroxylation is 1. The molecular weight excluding hydrogens is 472 g/mol. The number of hydrogen-bond donors (Lipinski definition) is 2. The topological polar surface area (TPSA) is 67.1 Å². The van der Waals surface area contributed by atoms with Gasteiger partial charge in [0.15, 0.2) is 11.8 Å². The van der Waals surface area contributed by atoms with E-state index >= 15 is 0 Å². The van der Waals surface area contributed by atoms with E-state index in [0.29, 0.717) is 24.6 Å². The molecule has 27 heavy (non-hydrogen) atoms. The minimum atomic E-state index is -4.34. The Morgan fingerprint density at radius 1 is 1.22 bits per heavy atom. The average Bonchev–Trinajstić information content (AvgIpc) is 2.92. The van der Waals surface area contributed by atoms with Gasteiger partial charge in [-0.3, -0.25) is 0 Å². The van der Waals surface area contributed by atoms with Crippen LogP contribution in [0.1, 0.15) is 22.8 Å². The van der Waals surface area contributed by atoms with Crippen LogP contribution in [0.2, 0.25) is 0 Å². The van der Waals surface area contributed by atoms with Gasteiger partial charge in [-0.05, 0) is 24.6 Å². The Bertz CT molecular complexity index is 768. The van der Waals surface area contributed by atoms with E-state index < -0.39 is 11.7 Å². The predicted molar refractivity (Wildman–Crippen MR) is 109 cm³/mol. The second-order valence-electron chi connectivity index (χ2n) is 5.61. The van der Waals surface area contributed by atoms with Crippen LogP contribution in [0, 0.1) is 6.92 Å². The maximum atomic E-state index is 12.6. The van der Waals surface area contributed by atoms with Crippen LogP contribution in [0.4, 0.5) is 13.2 Å². The highest BCUT2D eigenvalue weighted by molar-refractivity contribution is 14.0. The van der Waals surface area contributed by atoms with Crippen molar-refractivity contribution in [2.45, 2.75) is 26.2 Å². The Balaban J connectivity index is 0.00000364. The van der Waals surface area contributed by atoms with Gasteiger partial charge in [-0.25, -0.2) is 4.99 Å². The van der Waals surface area contributed by atoms with Crippen molar-refractivity contribution in [3.8, 4) is 0 Å². The van der Waals surface area contributed by atoms with Crippen LogP contribution in [0.3, 0.4) is 0 Å². The third-order valence-electron chi connectivity index (χ3n) is 3.71. The Labute approximate surface area is 173 Å². The molecule has 0 radical (unpaired) electrons. The number of guanidine groups is 1. The molecule has 2 aromatic rings. The summed E-state index contributed by atoms with van der Waals surface area (Å²) in [5, 5.41) is 14.2. The van der Waals surface area contributed by atoms with Crippen molar-refractivity contribution in [2.24, 2.45) is 12.0 Å². The van der Waals surface area contributed by atoms with Crippen molar-refractivity contribution in [3.05, 3.63) is 59.7 Å². The molecule has 0 aliphatic carbocycles. The fraction of sp³-hybridized carbons (Fsp3) is 0.353. The van der Waals surface area contributed by atoms with Crippen molar-refractivity contribution in [1.82, 2.24) is 25.4 Å². The van der Waals surface area contributed by atoms with Gasteiger partial charge in [0.2, 0.25) is 0 Å². The van der Waals surface area contributed by atoms with Crippen molar-refractivity contribution >= 4 is 29.9 Å². The average molecular weight is 494 g/mol.